The second kappa shape index (κ2) is 7.05. The predicted molar refractivity (Wildman–Crippen MR) is 82.5 cm³/mol. The topological polar surface area (TPSA) is 18.5 Å². The Morgan fingerprint density at radius 2 is 2.00 bits per heavy atom. The third-order valence-corrected chi connectivity index (χ3v) is 5.42. The molecule has 1 aliphatic heterocycles. The maximum Gasteiger partial charge on any atom is 0.0235 e. The van der Waals surface area contributed by atoms with Crippen LogP contribution < -0.4 is 5.32 Å². The van der Waals surface area contributed by atoms with Crippen LogP contribution in [-0.4, -0.2) is 62.7 Å². The summed E-state index contributed by atoms with van der Waals surface area (Å²) in [7, 11) is 6.72. The van der Waals surface area contributed by atoms with Gasteiger partial charge in [-0.2, -0.15) is 0 Å². The summed E-state index contributed by atoms with van der Waals surface area (Å²) in [5, 5.41) is 3.63. The van der Waals surface area contributed by atoms with Crippen LogP contribution in [0, 0.1) is 11.8 Å². The minimum Gasteiger partial charge on any atom is -0.317 e. The van der Waals surface area contributed by atoms with Crippen LogP contribution in [0.4, 0.5) is 0 Å². The zero-order valence-corrected chi connectivity index (χ0v) is 13.4. The van der Waals surface area contributed by atoms with E-state index in [1.54, 1.807) is 0 Å². The van der Waals surface area contributed by atoms with Gasteiger partial charge in [-0.3, -0.25) is 0 Å². The van der Waals surface area contributed by atoms with Gasteiger partial charge in [0.1, 0.15) is 0 Å². The maximum absolute atomic E-state index is 3.63. The van der Waals surface area contributed by atoms with E-state index in [0.29, 0.717) is 6.04 Å². The lowest BCUT2D eigenvalue weighted by atomic mass is 9.77. The Hall–Kier alpha value is -0.120. The number of rotatable bonds is 4. The van der Waals surface area contributed by atoms with Gasteiger partial charge in [0.2, 0.25) is 0 Å². The largest absolute Gasteiger partial charge is 0.317 e. The van der Waals surface area contributed by atoms with Crippen molar-refractivity contribution in [1.29, 1.82) is 0 Å². The molecule has 2 aliphatic rings. The summed E-state index contributed by atoms with van der Waals surface area (Å²) in [6, 6.07) is 1.44. The smallest absolute Gasteiger partial charge is 0.0235 e. The van der Waals surface area contributed by atoms with Crippen LogP contribution in [0.25, 0.3) is 0 Å². The van der Waals surface area contributed by atoms with Crippen molar-refractivity contribution in [1.82, 2.24) is 15.1 Å². The molecule has 0 radical (unpaired) electrons. The summed E-state index contributed by atoms with van der Waals surface area (Å²) in [5.41, 5.74) is 0. The molecule has 3 heteroatoms. The molecular formula is C16H33N3. The molecule has 2 fully saturated rings. The molecule has 3 nitrogen and oxygen atoms in total. The van der Waals surface area contributed by atoms with Crippen molar-refractivity contribution in [3.05, 3.63) is 0 Å². The van der Waals surface area contributed by atoms with Crippen molar-refractivity contribution >= 4 is 0 Å². The number of likely N-dealkylation sites (N-methyl/N-ethyl adjacent to an activating group) is 2. The summed E-state index contributed by atoms with van der Waals surface area (Å²) in [4.78, 5) is 5.05. The van der Waals surface area contributed by atoms with Crippen LogP contribution in [0.15, 0.2) is 0 Å². The quantitative estimate of drug-likeness (QED) is 0.841. The fourth-order valence-electron chi connectivity index (χ4n) is 4.04. The van der Waals surface area contributed by atoms with Crippen molar-refractivity contribution in [3.63, 3.8) is 0 Å². The SMILES string of the molecule is CNC(CC1CN(C)CCN1C)C1CCCC(C)C1. The van der Waals surface area contributed by atoms with E-state index in [1.807, 2.05) is 0 Å². The molecule has 1 saturated carbocycles. The van der Waals surface area contributed by atoms with Gasteiger partial charge in [-0.1, -0.05) is 19.8 Å². The summed E-state index contributed by atoms with van der Waals surface area (Å²) in [5.74, 6) is 1.83. The average molecular weight is 267 g/mol. The highest BCUT2D eigenvalue weighted by molar-refractivity contribution is 4.87. The molecule has 1 aliphatic carbocycles. The van der Waals surface area contributed by atoms with Crippen LogP contribution >= 0.6 is 0 Å². The van der Waals surface area contributed by atoms with Crippen molar-refractivity contribution in [2.45, 2.75) is 51.1 Å². The Kier molecular flexibility index (Phi) is 5.67. The number of hydrogen-bond acceptors (Lipinski definition) is 3. The second-order valence-corrected chi connectivity index (χ2v) is 7.06. The Morgan fingerprint density at radius 3 is 2.68 bits per heavy atom. The molecule has 1 saturated heterocycles. The highest BCUT2D eigenvalue weighted by Gasteiger charge is 2.30. The van der Waals surface area contributed by atoms with Gasteiger partial charge in [-0.05, 0) is 52.2 Å². The number of piperazine rings is 1. The second-order valence-electron chi connectivity index (χ2n) is 7.06. The Bertz CT molecular complexity index is 269. The van der Waals surface area contributed by atoms with Gasteiger partial charge >= 0.3 is 0 Å². The molecular weight excluding hydrogens is 234 g/mol. The first-order chi connectivity index (χ1) is 9.10. The lowest BCUT2D eigenvalue weighted by molar-refractivity contribution is 0.0892. The zero-order valence-electron chi connectivity index (χ0n) is 13.4. The highest BCUT2D eigenvalue weighted by Crippen LogP contribution is 2.32. The molecule has 0 aromatic heterocycles. The Morgan fingerprint density at radius 1 is 1.21 bits per heavy atom. The first-order valence-corrected chi connectivity index (χ1v) is 8.16. The summed E-state index contributed by atoms with van der Waals surface area (Å²) in [6.45, 7) is 6.10. The van der Waals surface area contributed by atoms with Crippen molar-refractivity contribution < 1.29 is 0 Å². The predicted octanol–water partition coefficient (Wildman–Crippen LogP) is 2.04. The minimum absolute atomic E-state index is 0.710. The minimum atomic E-state index is 0.710. The van der Waals surface area contributed by atoms with Crippen LogP contribution in [0.1, 0.15) is 39.0 Å². The molecule has 0 spiro atoms. The number of hydrogen-bond donors (Lipinski definition) is 1. The van der Waals surface area contributed by atoms with Crippen molar-refractivity contribution in [2.24, 2.45) is 11.8 Å². The van der Waals surface area contributed by atoms with Gasteiger partial charge in [-0.25, -0.2) is 0 Å². The van der Waals surface area contributed by atoms with Crippen LogP contribution in [0.3, 0.4) is 0 Å². The first-order valence-electron chi connectivity index (χ1n) is 8.16. The monoisotopic (exact) mass is 267 g/mol. The van der Waals surface area contributed by atoms with E-state index >= 15 is 0 Å². The summed E-state index contributed by atoms with van der Waals surface area (Å²) in [6.07, 6.45) is 7.05. The lowest BCUT2D eigenvalue weighted by Gasteiger charge is -2.41. The van der Waals surface area contributed by atoms with E-state index in [4.69, 9.17) is 0 Å². The third-order valence-electron chi connectivity index (χ3n) is 5.42. The van der Waals surface area contributed by atoms with Crippen molar-refractivity contribution in [2.75, 3.05) is 40.8 Å². The van der Waals surface area contributed by atoms with E-state index in [0.717, 1.165) is 17.9 Å². The lowest BCUT2D eigenvalue weighted by Crippen LogP contribution is -2.53. The van der Waals surface area contributed by atoms with Crippen LogP contribution in [0.5, 0.6) is 0 Å². The first kappa shape index (κ1) is 15.3. The van der Waals surface area contributed by atoms with Gasteiger partial charge < -0.3 is 15.1 Å². The Labute approximate surface area is 119 Å². The third kappa shape index (κ3) is 4.17. The van der Waals surface area contributed by atoms with Crippen LogP contribution in [-0.2, 0) is 0 Å². The molecule has 0 bridgehead atoms. The average Bonchev–Trinajstić information content (AvgIpc) is 2.39. The molecule has 0 aromatic carbocycles. The molecule has 0 amide bonds. The molecule has 1 heterocycles. The van der Waals surface area contributed by atoms with Gasteiger partial charge in [0.15, 0.2) is 0 Å². The molecule has 4 atom stereocenters. The standard InChI is InChI=1S/C16H33N3/c1-13-6-5-7-14(10-13)16(17-2)11-15-12-18(3)8-9-19(15)4/h13-17H,5-12H2,1-4H3. The van der Waals surface area contributed by atoms with E-state index in [1.165, 1.54) is 51.7 Å². The molecule has 1 N–H and O–H groups in total. The van der Waals surface area contributed by atoms with Gasteiger partial charge in [-0.15, -0.1) is 0 Å². The van der Waals surface area contributed by atoms with Gasteiger partial charge in [0.25, 0.3) is 0 Å². The van der Waals surface area contributed by atoms with E-state index < -0.39 is 0 Å². The fourth-order valence-corrected chi connectivity index (χ4v) is 4.04. The number of nitrogens with zero attached hydrogens (tertiary/aromatic N) is 2. The van der Waals surface area contributed by atoms with E-state index in [-0.39, 0.29) is 0 Å². The summed E-state index contributed by atoms with van der Waals surface area (Å²) < 4.78 is 0. The van der Waals surface area contributed by atoms with Gasteiger partial charge in [0, 0.05) is 31.7 Å². The molecule has 0 aromatic rings. The highest BCUT2D eigenvalue weighted by atomic mass is 15.3. The van der Waals surface area contributed by atoms with Gasteiger partial charge in [0.05, 0.1) is 0 Å². The summed E-state index contributed by atoms with van der Waals surface area (Å²) >= 11 is 0. The van der Waals surface area contributed by atoms with Crippen LogP contribution in [0.2, 0.25) is 0 Å². The Balaban J connectivity index is 1.90. The van der Waals surface area contributed by atoms with E-state index in [2.05, 4.69) is 43.2 Å². The van der Waals surface area contributed by atoms with Crippen molar-refractivity contribution in [3.8, 4) is 0 Å². The zero-order chi connectivity index (χ0) is 13.8. The molecule has 19 heavy (non-hydrogen) atoms. The molecule has 112 valence electrons. The number of nitrogens with one attached hydrogen (secondary N) is 1. The van der Waals surface area contributed by atoms with E-state index in [9.17, 15) is 0 Å². The molecule has 4 unspecified atom stereocenters. The normalized spacial score (nSPS) is 36.3. The molecule has 2 rings (SSSR count). The maximum atomic E-state index is 3.63. The fraction of sp³-hybridized carbons (Fsp3) is 1.00.